The number of sulfonamides is 1. The van der Waals surface area contributed by atoms with Gasteiger partial charge in [-0.1, -0.05) is 26.0 Å². The maximum absolute atomic E-state index is 12.6. The van der Waals surface area contributed by atoms with Crippen LogP contribution in [0.25, 0.3) is 0 Å². The minimum Gasteiger partial charge on any atom is -0.340 e. The standard InChI is InChI=1S/C16H24N2O3S/c1-4-13(2)15-5-7-16(8-6-15)22(20,21)18-11-9-17(10-12-18)14(3)19/h5-8,13H,4,9-12H2,1-3H3. The topological polar surface area (TPSA) is 57.7 Å². The molecular formula is C16H24N2O3S. The van der Waals surface area contributed by atoms with Crippen LogP contribution >= 0.6 is 0 Å². The van der Waals surface area contributed by atoms with Gasteiger partial charge in [-0.2, -0.15) is 4.31 Å². The van der Waals surface area contributed by atoms with Gasteiger partial charge < -0.3 is 4.90 Å². The van der Waals surface area contributed by atoms with Crippen molar-refractivity contribution in [2.75, 3.05) is 26.2 Å². The first-order chi connectivity index (χ1) is 10.4. The predicted octanol–water partition coefficient (Wildman–Crippen LogP) is 2.05. The molecule has 0 spiro atoms. The van der Waals surface area contributed by atoms with Crippen molar-refractivity contribution in [1.82, 2.24) is 9.21 Å². The van der Waals surface area contributed by atoms with Crippen LogP contribution in [-0.2, 0) is 14.8 Å². The molecule has 122 valence electrons. The van der Waals surface area contributed by atoms with Gasteiger partial charge in [-0.3, -0.25) is 4.79 Å². The third-order valence-electron chi connectivity index (χ3n) is 4.38. The Morgan fingerprint density at radius 1 is 1.14 bits per heavy atom. The van der Waals surface area contributed by atoms with Crippen LogP contribution in [0.1, 0.15) is 38.7 Å². The van der Waals surface area contributed by atoms with E-state index >= 15 is 0 Å². The van der Waals surface area contributed by atoms with E-state index in [1.54, 1.807) is 17.0 Å². The SMILES string of the molecule is CCC(C)c1ccc(S(=O)(=O)N2CCN(C(C)=O)CC2)cc1. The minimum atomic E-state index is -3.46. The molecule has 1 atom stereocenters. The molecule has 1 amide bonds. The van der Waals surface area contributed by atoms with Gasteiger partial charge in [-0.15, -0.1) is 0 Å². The fourth-order valence-corrected chi connectivity index (χ4v) is 4.02. The lowest BCUT2D eigenvalue weighted by Gasteiger charge is -2.33. The normalized spacial score (nSPS) is 18.2. The Hall–Kier alpha value is -1.40. The summed E-state index contributed by atoms with van der Waals surface area (Å²) in [7, 11) is -3.46. The molecule has 5 nitrogen and oxygen atoms in total. The van der Waals surface area contributed by atoms with E-state index in [1.807, 2.05) is 12.1 Å². The highest BCUT2D eigenvalue weighted by atomic mass is 32.2. The van der Waals surface area contributed by atoms with E-state index in [0.717, 1.165) is 12.0 Å². The second-order valence-electron chi connectivity index (χ2n) is 5.79. The second-order valence-corrected chi connectivity index (χ2v) is 7.73. The van der Waals surface area contributed by atoms with Crippen molar-refractivity contribution in [1.29, 1.82) is 0 Å². The highest BCUT2D eigenvalue weighted by molar-refractivity contribution is 7.89. The van der Waals surface area contributed by atoms with Crippen LogP contribution in [0.2, 0.25) is 0 Å². The van der Waals surface area contributed by atoms with Crippen molar-refractivity contribution in [2.45, 2.75) is 38.0 Å². The van der Waals surface area contributed by atoms with Crippen LogP contribution in [-0.4, -0.2) is 49.7 Å². The molecule has 1 aromatic rings. The van der Waals surface area contributed by atoms with E-state index in [-0.39, 0.29) is 5.91 Å². The summed E-state index contributed by atoms with van der Waals surface area (Å²) in [5.41, 5.74) is 1.16. The first-order valence-corrected chi connectivity index (χ1v) is 9.16. The molecular weight excluding hydrogens is 300 g/mol. The average Bonchev–Trinajstić information content (AvgIpc) is 2.54. The van der Waals surface area contributed by atoms with Crippen LogP contribution in [0.5, 0.6) is 0 Å². The number of carbonyl (C=O) groups excluding carboxylic acids is 1. The Bertz CT molecular complexity index is 617. The first-order valence-electron chi connectivity index (χ1n) is 7.72. The number of piperazine rings is 1. The highest BCUT2D eigenvalue weighted by Gasteiger charge is 2.29. The number of hydrogen-bond donors (Lipinski definition) is 0. The molecule has 1 fully saturated rings. The van der Waals surface area contributed by atoms with Gasteiger partial charge in [0.05, 0.1) is 4.90 Å². The lowest BCUT2D eigenvalue weighted by Crippen LogP contribution is -2.49. The molecule has 1 heterocycles. The van der Waals surface area contributed by atoms with Crippen molar-refractivity contribution in [3.05, 3.63) is 29.8 Å². The summed E-state index contributed by atoms with van der Waals surface area (Å²) in [5, 5.41) is 0. The van der Waals surface area contributed by atoms with Gasteiger partial charge >= 0.3 is 0 Å². The van der Waals surface area contributed by atoms with E-state index in [0.29, 0.717) is 37.0 Å². The molecule has 0 N–H and O–H groups in total. The molecule has 22 heavy (non-hydrogen) atoms. The summed E-state index contributed by atoms with van der Waals surface area (Å²) in [6, 6.07) is 7.17. The van der Waals surface area contributed by atoms with E-state index in [4.69, 9.17) is 0 Å². The van der Waals surface area contributed by atoms with Crippen molar-refractivity contribution in [3.8, 4) is 0 Å². The van der Waals surface area contributed by atoms with Gasteiger partial charge in [0.25, 0.3) is 0 Å². The number of amides is 1. The number of hydrogen-bond acceptors (Lipinski definition) is 3. The van der Waals surface area contributed by atoms with Crippen LogP contribution in [0.15, 0.2) is 29.2 Å². The molecule has 6 heteroatoms. The molecule has 0 bridgehead atoms. The molecule has 0 aromatic heterocycles. The molecule has 1 aliphatic rings. The summed E-state index contributed by atoms with van der Waals surface area (Å²) in [5.74, 6) is 0.422. The molecule has 0 radical (unpaired) electrons. The molecule has 1 aliphatic heterocycles. The Labute approximate surface area is 133 Å². The average molecular weight is 324 g/mol. The van der Waals surface area contributed by atoms with Crippen molar-refractivity contribution in [3.63, 3.8) is 0 Å². The van der Waals surface area contributed by atoms with Crippen LogP contribution in [0, 0.1) is 0 Å². The van der Waals surface area contributed by atoms with Gasteiger partial charge in [0.1, 0.15) is 0 Å². The highest BCUT2D eigenvalue weighted by Crippen LogP contribution is 2.23. The van der Waals surface area contributed by atoms with E-state index in [2.05, 4.69) is 13.8 Å². The number of rotatable bonds is 4. The molecule has 0 aliphatic carbocycles. The quantitative estimate of drug-likeness (QED) is 0.852. The summed E-state index contributed by atoms with van der Waals surface area (Å²) in [6.45, 7) is 7.38. The van der Waals surface area contributed by atoms with Crippen LogP contribution in [0.3, 0.4) is 0 Å². The van der Waals surface area contributed by atoms with Crippen molar-refractivity contribution < 1.29 is 13.2 Å². The summed E-state index contributed by atoms with van der Waals surface area (Å²) in [6.07, 6.45) is 1.03. The number of nitrogens with zero attached hydrogens (tertiary/aromatic N) is 2. The summed E-state index contributed by atoms with van der Waals surface area (Å²) < 4.78 is 26.7. The van der Waals surface area contributed by atoms with E-state index < -0.39 is 10.0 Å². The van der Waals surface area contributed by atoms with Gasteiger partial charge in [-0.05, 0) is 30.0 Å². The molecule has 1 unspecified atom stereocenters. The van der Waals surface area contributed by atoms with Crippen LogP contribution in [0.4, 0.5) is 0 Å². The number of benzene rings is 1. The zero-order valence-corrected chi connectivity index (χ0v) is 14.3. The van der Waals surface area contributed by atoms with Gasteiger partial charge in [0.2, 0.25) is 15.9 Å². The van der Waals surface area contributed by atoms with Crippen molar-refractivity contribution in [2.24, 2.45) is 0 Å². The Kier molecular flexibility index (Phi) is 5.24. The zero-order valence-electron chi connectivity index (χ0n) is 13.4. The fraction of sp³-hybridized carbons (Fsp3) is 0.562. The molecule has 1 aromatic carbocycles. The third-order valence-corrected chi connectivity index (χ3v) is 6.30. The Balaban J connectivity index is 2.12. The van der Waals surface area contributed by atoms with E-state index in [1.165, 1.54) is 11.2 Å². The molecule has 2 rings (SSSR count). The lowest BCUT2D eigenvalue weighted by molar-refractivity contribution is -0.129. The van der Waals surface area contributed by atoms with Crippen LogP contribution < -0.4 is 0 Å². The fourth-order valence-electron chi connectivity index (χ4n) is 2.60. The minimum absolute atomic E-state index is 0.00467. The summed E-state index contributed by atoms with van der Waals surface area (Å²) in [4.78, 5) is 13.3. The van der Waals surface area contributed by atoms with Crippen molar-refractivity contribution >= 4 is 15.9 Å². The largest absolute Gasteiger partial charge is 0.340 e. The third kappa shape index (κ3) is 3.50. The predicted molar refractivity (Wildman–Crippen MR) is 86.2 cm³/mol. The lowest BCUT2D eigenvalue weighted by atomic mass is 9.99. The Morgan fingerprint density at radius 3 is 2.14 bits per heavy atom. The first kappa shape index (κ1) is 17.0. The maximum Gasteiger partial charge on any atom is 0.243 e. The second kappa shape index (κ2) is 6.79. The summed E-state index contributed by atoms with van der Waals surface area (Å²) >= 11 is 0. The zero-order chi connectivity index (χ0) is 16.3. The van der Waals surface area contributed by atoms with Gasteiger partial charge in [-0.25, -0.2) is 8.42 Å². The Morgan fingerprint density at radius 2 is 1.68 bits per heavy atom. The maximum atomic E-state index is 12.6. The van der Waals surface area contributed by atoms with Gasteiger partial charge in [0, 0.05) is 33.1 Å². The smallest absolute Gasteiger partial charge is 0.243 e. The number of carbonyl (C=O) groups is 1. The van der Waals surface area contributed by atoms with E-state index in [9.17, 15) is 13.2 Å². The molecule has 0 saturated carbocycles. The van der Waals surface area contributed by atoms with Gasteiger partial charge in [0.15, 0.2) is 0 Å². The monoisotopic (exact) mass is 324 g/mol. The molecule has 1 saturated heterocycles.